The van der Waals surface area contributed by atoms with Crippen molar-refractivity contribution in [3.8, 4) is 6.07 Å². The summed E-state index contributed by atoms with van der Waals surface area (Å²) in [5, 5.41) is 8.37. The van der Waals surface area contributed by atoms with Crippen LogP contribution in [0.25, 0.3) is 0 Å². The number of hydrogen-bond donors (Lipinski definition) is 0. The van der Waals surface area contributed by atoms with E-state index in [-0.39, 0.29) is 16.9 Å². The van der Waals surface area contributed by atoms with Crippen LogP contribution in [0.1, 0.15) is 22.8 Å². The molecule has 0 aliphatic rings. The molecule has 0 saturated heterocycles. The number of hydrogen-bond acceptors (Lipinski definition) is 2. The van der Waals surface area contributed by atoms with E-state index in [1.54, 1.807) is 6.07 Å². The number of carbonyl (C=O) groups excluding carboxylic acids is 1. The van der Waals surface area contributed by atoms with Gasteiger partial charge in [0.2, 0.25) is 0 Å². The first kappa shape index (κ1) is 8.41. The van der Waals surface area contributed by atoms with Gasteiger partial charge < -0.3 is 0 Å². The number of rotatable bonds is 1. The minimum atomic E-state index is -0.648. The summed E-state index contributed by atoms with van der Waals surface area (Å²) >= 11 is 0. The Bertz CT molecular complexity index is 365. The summed E-state index contributed by atoms with van der Waals surface area (Å²) < 4.78 is 12.8. The highest BCUT2D eigenvalue weighted by molar-refractivity contribution is 5.94. The maximum Gasteiger partial charge on any atom is 0.159 e. The van der Waals surface area contributed by atoms with E-state index in [0.717, 1.165) is 6.07 Å². The van der Waals surface area contributed by atoms with Crippen molar-refractivity contribution in [1.82, 2.24) is 0 Å². The number of nitriles is 1. The summed E-state index contributed by atoms with van der Waals surface area (Å²) in [7, 11) is 0. The van der Waals surface area contributed by atoms with Gasteiger partial charge in [0.25, 0.3) is 0 Å². The summed E-state index contributed by atoms with van der Waals surface area (Å²) in [4.78, 5) is 10.7. The third-order valence-electron chi connectivity index (χ3n) is 1.50. The molecule has 3 heteroatoms. The van der Waals surface area contributed by atoms with Crippen molar-refractivity contribution in [2.45, 2.75) is 6.92 Å². The summed E-state index contributed by atoms with van der Waals surface area (Å²) in [6.45, 7) is 1.35. The molecule has 0 bridgehead atoms. The minimum Gasteiger partial charge on any atom is -0.295 e. The van der Waals surface area contributed by atoms with Gasteiger partial charge in [-0.2, -0.15) is 5.26 Å². The molecule has 60 valence electrons. The molecule has 0 N–H and O–H groups in total. The van der Waals surface area contributed by atoms with Crippen LogP contribution in [-0.2, 0) is 0 Å². The highest BCUT2D eigenvalue weighted by atomic mass is 19.1. The van der Waals surface area contributed by atoms with Crippen LogP contribution in [0.5, 0.6) is 0 Å². The molecule has 0 spiro atoms. The molecule has 1 aromatic carbocycles. The highest BCUT2D eigenvalue weighted by Gasteiger charge is 2.04. The zero-order valence-electron chi connectivity index (χ0n) is 6.47. The molecule has 0 radical (unpaired) electrons. The first-order chi connectivity index (χ1) is 5.65. The molecule has 0 saturated carbocycles. The molecule has 0 aliphatic carbocycles. The summed E-state index contributed by atoms with van der Waals surface area (Å²) in [6, 6.07) is 5.48. The fourth-order valence-corrected chi connectivity index (χ4v) is 0.825. The first-order valence-electron chi connectivity index (χ1n) is 3.35. The van der Waals surface area contributed by atoms with Crippen LogP contribution in [0.2, 0.25) is 0 Å². The van der Waals surface area contributed by atoms with Crippen molar-refractivity contribution in [3.05, 3.63) is 35.1 Å². The van der Waals surface area contributed by atoms with E-state index in [1.165, 1.54) is 19.1 Å². The van der Waals surface area contributed by atoms with Crippen LogP contribution in [0.3, 0.4) is 0 Å². The fraction of sp³-hybridized carbons (Fsp3) is 0.111. The van der Waals surface area contributed by atoms with Crippen LogP contribution >= 0.6 is 0 Å². The predicted molar refractivity (Wildman–Crippen MR) is 41.1 cm³/mol. The van der Waals surface area contributed by atoms with Gasteiger partial charge in [0, 0.05) is 5.56 Å². The molecule has 0 atom stereocenters. The van der Waals surface area contributed by atoms with Gasteiger partial charge >= 0.3 is 0 Å². The molecule has 0 fully saturated rings. The number of Topliss-reactive ketones (excluding diaryl/α,β-unsaturated/α-hetero) is 1. The lowest BCUT2D eigenvalue weighted by Crippen LogP contribution is -1.94. The van der Waals surface area contributed by atoms with Gasteiger partial charge in [0.15, 0.2) is 5.78 Å². The van der Waals surface area contributed by atoms with Gasteiger partial charge in [0.05, 0.1) is 5.56 Å². The molecular formula is C9H6FNO. The Morgan fingerprint density at radius 3 is 2.67 bits per heavy atom. The lowest BCUT2D eigenvalue weighted by atomic mass is 10.1. The van der Waals surface area contributed by atoms with Crippen molar-refractivity contribution in [3.63, 3.8) is 0 Å². The molecule has 0 heterocycles. The van der Waals surface area contributed by atoms with Gasteiger partial charge in [-0.1, -0.05) is 0 Å². The van der Waals surface area contributed by atoms with Gasteiger partial charge in [-0.25, -0.2) is 4.39 Å². The molecule has 0 unspecified atom stereocenters. The second-order valence-electron chi connectivity index (χ2n) is 2.36. The van der Waals surface area contributed by atoms with Crippen LogP contribution < -0.4 is 0 Å². The fourth-order valence-electron chi connectivity index (χ4n) is 0.825. The number of benzene rings is 1. The van der Waals surface area contributed by atoms with Crippen LogP contribution in [-0.4, -0.2) is 5.78 Å². The average Bonchev–Trinajstić information content (AvgIpc) is 2.04. The Morgan fingerprint density at radius 2 is 2.25 bits per heavy atom. The second kappa shape index (κ2) is 3.14. The van der Waals surface area contributed by atoms with Crippen LogP contribution in [0.15, 0.2) is 18.2 Å². The summed E-state index contributed by atoms with van der Waals surface area (Å²) in [6.07, 6.45) is 0. The topological polar surface area (TPSA) is 40.9 Å². The van der Waals surface area contributed by atoms with E-state index in [4.69, 9.17) is 5.26 Å². The molecule has 0 amide bonds. The maximum absolute atomic E-state index is 12.8. The first-order valence-corrected chi connectivity index (χ1v) is 3.35. The van der Waals surface area contributed by atoms with Crippen molar-refractivity contribution < 1.29 is 9.18 Å². The van der Waals surface area contributed by atoms with Gasteiger partial charge in [-0.3, -0.25) is 4.79 Å². The largest absolute Gasteiger partial charge is 0.295 e. The molecule has 0 aromatic heterocycles. The van der Waals surface area contributed by atoms with Crippen LogP contribution in [0.4, 0.5) is 4.39 Å². The third-order valence-corrected chi connectivity index (χ3v) is 1.50. The third kappa shape index (κ3) is 1.48. The molecule has 1 aromatic rings. The van der Waals surface area contributed by atoms with Crippen molar-refractivity contribution in [1.29, 1.82) is 5.26 Å². The monoisotopic (exact) mass is 163 g/mol. The number of halogens is 1. The van der Waals surface area contributed by atoms with E-state index < -0.39 is 5.82 Å². The Morgan fingerprint density at radius 1 is 1.58 bits per heavy atom. The van der Waals surface area contributed by atoms with E-state index in [0.29, 0.717) is 0 Å². The lowest BCUT2D eigenvalue weighted by molar-refractivity contribution is 0.101. The predicted octanol–water partition coefficient (Wildman–Crippen LogP) is 1.90. The van der Waals surface area contributed by atoms with E-state index in [9.17, 15) is 9.18 Å². The Labute approximate surface area is 69.2 Å². The van der Waals surface area contributed by atoms with E-state index >= 15 is 0 Å². The normalized spacial score (nSPS) is 9.08. The number of ketones is 1. The highest BCUT2D eigenvalue weighted by Crippen LogP contribution is 2.09. The SMILES string of the molecule is CC(=O)c1ccc(C#N)c(F)c1. The number of carbonyl (C=O) groups is 1. The van der Waals surface area contributed by atoms with Crippen LogP contribution in [0, 0.1) is 17.1 Å². The standard InChI is InChI=1S/C9H6FNO/c1-6(12)7-2-3-8(5-11)9(10)4-7/h2-4H,1H3. The molecule has 2 nitrogen and oxygen atoms in total. The van der Waals surface area contributed by atoms with Crippen molar-refractivity contribution >= 4 is 5.78 Å². The summed E-state index contributed by atoms with van der Waals surface area (Å²) in [5.41, 5.74) is 0.242. The van der Waals surface area contributed by atoms with Crippen molar-refractivity contribution in [2.75, 3.05) is 0 Å². The number of nitrogens with zero attached hydrogens (tertiary/aromatic N) is 1. The van der Waals surface area contributed by atoms with E-state index in [1.807, 2.05) is 0 Å². The quantitative estimate of drug-likeness (QED) is 0.593. The lowest BCUT2D eigenvalue weighted by Gasteiger charge is -1.95. The Balaban J connectivity index is 3.21. The smallest absolute Gasteiger partial charge is 0.159 e. The zero-order chi connectivity index (χ0) is 9.14. The van der Waals surface area contributed by atoms with Gasteiger partial charge in [-0.05, 0) is 25.1 Å². The van der Waals surface area contributed by atoms with Gasteiger partial charge in [0.1, 0.15) is 11.9 Å². The molecular weight excluding hydrogens is 157 g/mol. The molecule has 12 heavy (non-hydrogen) atoms. The van der Waals surface area contributed by atoms with Crippen molar-refractivity contribution in [2.24, 2.45) is 0 Å². The van der Waals surface area contributed by atoms with E-state index in [2.05, 4.69) is 0 Å². The second-order valence-corrected chi connectivity index (χ2v) is 2.36. The molecule has 0 aliphatic heterocycles. The Hall–Kier alpha value is -1.69. The minimum absolute atomic E-state index is 0.0417. The molecule has 1 rings (SSSR count). The van der Waals surface area contributed by atoms with Gasteiger partial charge in [-0.15, -0.1) is 0 Å². The zero-order valence-corrected chi connectivity index (χ0v) is 6.47. The Kier molecular flexibility index (Phi) is 2.20. The maximum atomic E-state index is 12.8. The average molecular weight is 163 g/mol. The summed E-state index contributed by atoms with van der Waals surface area (Å²) in [5.74, 6) is -0.858.